The van der Waals surface area contributed by atoms with Gasteiger partial charge in [0.25, 0.3) is 0 Å². The minimum Gasteiger partial charge on any atom is -0.507 e. The number of para-hydroxylation sites is 1. The lowest BCUT2D eigenvalue weighted by molar-refractivity contribution is 0.0217. The molecule has 36 heavy (non-hydrogen) atoms. The quantitative estimate of drug-likeness (QED) is 0.300. The second kappa shape index (κ2) is 8.43. The van der Waals surface area contributed by atoms with Gasteiger partial charge in [0.1, 0.15) is 11.9 Å². The van der Waals surface area contributed by atoms with E-state index in [0.717, 1.165) is 23.8 Å². The molecular weight excluding hydrogens is 450 g/mol. The molecule has 0 saturated carbocycles. The van der Waals surface area contributed by atoms with Crippen molar-refractivity contribution in [3.05, 3.63) is 78.9 Å². The van der Waals surface area contributed by atoms with Gasteiger partial charge in [-0.25, -0.2) is 4.98 Å². The summed E-state index contributed by atoms with van der Waals surface area (Å²) in [5.41, 5.74) is 1.44. The van der Waals surface area contributed by atoms with Gasteiger partial charge in [0.05, 0.1) is 18.8 Å². The fraction of sp³-hybridized carbons (Fsp3) is 0.167. The Balaban J connectivity index is 1.45. The number of hydrogen-bond acceptors (Lipinski definition) is 6. The topological polar surface area (TPSA) is 77.4 Å². The predicted octanol–water partition coefficient (Wildman–Crippen LogP) is 6.37. The molecule has 6 nitrogen and oxygen atoms in total. The second-order valence-corrected chi connectivity index (χ2v) is 9.18. The number of phenols is 1. The number of aromatic hydroxyl groups is 1. The third kappa shape index (κ3) is 3.49. The van der Waals surface area contributed by atoms with Crippen molar-refractivity contribution in [2.75, 3.05) is 13.2 Å². The Labute approximate surface area is 207 Å². The molecule has 0 amide bonds. The van der Waals surface area contributed by atoms with E-state index < -0.39 is 0 Å². The van der Waals surface area contributed by atoms with E-state index in [1.54, 1.807) is 18.2 Å². The van der Waals surface area contributed by atoms with E-state index in [-0.39, 0.29) is 17.9 Å². The highest BCUT2D eigenvalue weighted by molar-refractivity contribution is 6.25. The summed E-state index contributed by atoms with van der Waals surface area (Å²) in [6.07, 6.45) is 1.55. The molecule has 1 fully saturated rings. The molecular formula is C30H23N3O3. The summed E-state index contributed by atoms with van der Waals surface area (Å²) in [5.74, 6) is 1.01. The Morgan fingerprint density at radius 2 is 1.33 bits per heavy atom. The Morgan fingerprint density at radius 3 is 2.11 bits per heavy atom. The first-order valence-corrected chi connectivity index (χ1v) is 12.2. The van der Waals surface area contributed by atoms with Crippen LogP contribution in [0.1, 0.15) is 12.8 Å². The lowest BCUT2D eigenvalue weighted by Crippen LogP contribution is -2.26. The highest BCUT2D eigenvalue weighted by Crippen LogP contribution is 2.39. The van der Waals surface area contributed by atoms with Crippen LogP contribution in [-0.4, -0.2) is 39.4 Å². The van der Waals surface area contributed by atoms with Gasteiger partial charge < -0.3 is 14.6 Å². The van der Waals surface area contributed by atoms with Crippen LogP contribution in [0.15, 0.2) is 78.9 Å². The SMILES string of the molecule is Oc1ccccc1-c1nc(OC2CCOCC2)nc(-c2ccc3ccc4cccc5ccc2c3c45)n1. The minimum atomic E-state index is -0.0208. The van der Waals surface area contributed by atoms with Gasteiger partial charge in [-0.05, 0) is 50.5 Å². The zero-order valence-corrected chi connectivity index (χ0v) is 19.5. The molecule has 0 spiro atoms. The van der Waals surface area contributed by atoms with Crippen molar-refractivity contribution in [3.8, 4) is 34.5 Å². The molecule has 176 valence electrons. The van der Waals surface area contributed by atoms with Crippen molar-refractivity contribution in [2.24, 2.45) is 0 Å². The van der Waals surface area contributed by atoms with Crippen LogP contribution in [0.4, 0.5) is 0 Å². The fourth-order valence-corrected chi connectivity index (χ4v) is 5.19. The summed E-state index contributed by atoms with van der Waals surface area (Å²) in [7, 11) is 0. The minimum absolute atomic E-state index is 0.0208. The van der Waals surface area contributed by atoms with E-state index in [1.807, 2.05) is 6.07 Å². The zero-order chi connectivity index (χ0) is 24.1. The molecule has 6 heteroatoms. The number of benzene rings is 5. The number of nitrogens with zero attached hydrogens (tertiary/aromatic N) is 3. The highest BCUT2D eigenvalue weighted by Gasteiger charge is 2.21. The molecule has 0 aliphatic carbocycles. The molecule has 6 aromatic rings. The van der Waals surface area contributed by atoms with Gasteiger partial charge in [0, 0.05) is 18.4 Å². The summed E-state index contributed by atoms with van der Waals surface area (Å²) in [6.45, 7) is 1.31. The average Bonchev–Trinajstić information content (AvgIpc) is 2.92. The van der Waals surface area contributed by atoms with Crippen molar-refractivity contribution < 1.29 is 14.6 Å². The molecule has 7 rings (SSSR count). The number of hydrogen-bond donors (Lipinski definition) is 1. The van der Waals surface area contributed by atoms with E-state index in [0.29, 0.717) is 30.4 Å². The fourth-order valence-electron chi connectivity index (χ4n) is 5.19. The van der Waals surface area contributed by atoms with Crippen LogP contribution < -0.4 is 4.74 Å². The summed E-state index contributed by atoms with van der Waals surface area (Å²) < 4.78 is 11.7. The van der Waals surface area contributed by atoms with Crippen LogP contribution in [0.5, 0.6) is 11.8 Å². The van der Waals surface area contributed by atoms with Gasteiger partial charge in [-0.3, -0.25) is 0 Å². The number of ether oxygens (including phenoxy) is 2. The number of aromatic nitrogens is 3. The maximum Gasteiger partial charge on any atom is 0.320 e. The maximum atomic E-state index is 10.5. The van der Waals surface area contributed by atoms with Gasteiger partial charge in [-0.2, -0.15) is 9.97 Å². The molecule has 0 atom stereocenters. The molecule has 1 N–H and O–H groups in total. The van der Waals surface area contributed by atoms with E-state index in [9.17, 15) is 5.11 Å². The summed E-state index contributed by atoms with van der Waals surface area (Å²) in [4.78, 5) is 14.2. The molecule has 5 aromatic carbocycles. The van der Waals surface area contributed by atoms with Crippen LogP contribution >= 0.6 is 0 Å². The summed E-state index contributed by atoms with van der Waals surface area (Å²) in [6, 6.07) is 26.5. The first kappa shape index (κ1) is 21.0. The first-order chi connectivity index (χ1) is 17.7. The standard InChI is InChI=1S/C30H23N3O3/c34-25-7-2-1-6-24(25)29-31-28(32-30(33-29)36-21-14-16-35-17-15-21)23-13-11-20-9-8-18-4-3-5-19-10-12-22(23)27(20)26(18)19/h1-13,21,34H,14-17H2. The normalized spacial score (nSPS) is 14.7. The molecule has 0 radical (unpaired) electrons. The molecule has 1 aliphatic heterocycles. The van der Waals surface area contributed by atoms with Gasteiger partial charge in [0.2, 0.25) is 0 Å². The van der Waals surface area contributed by atoms with E-state index in [2.05, 4.69) is 59.6 Å². The van der Waals surface area contributed by atoms with Crippen molar-refractivity contribution >= 4 is 32.3 Å². The molecule has 1 saturated heterocycles. The second-order valence-electron chi connectivity index (χ2n) is 9.18. The van der Waals surface area contributed by atoms with Crippen LogP contribution in [0.25, 0.3) is 55.1 Å². The Bertz CT molecular complexity index is 1710. The Kier molecular flexibility index (Phi) is 4.92. The summed E-state index contributed by atoms with van der Waals surface area (Å²) >= 11 is 0. The van der Waals surface area contributed by atoms with Gasteiger partial charge in [0.15, 0.2) is 11.6 Å². The molecule has 2 heterocycles. The van der Waals surface area contributed by atoms with Crippen LogP contribution in [-0.2, 0) is 4.74 Å². The molecule has 0 unspecified atom stereocenters. The van der Waals surface area contributed by atoms with Crippen molar-refractivity contribution in [1.82, 2.24) is 15.0 Å². The lowest BCUT2D eigenvalue weighted by Gasteiger charge is -2.22. The van der Waals surface area contributed by atoms with E-state index in [4.69, 9.17) is 19.4 Å². The van der Waals surface area contributed by atoms with Crippen LogP contribution in [0.3, 0.4) is 0 Å². The van der Waals surface area contributed by atoms with Gasteiger partial charge in [-0.15, -0.1) is 0 Å². The third-order valence-corrected chi connectivity index (χ3v) is 6.97. The van der Waals surface area contributed by atoms with Crippen LogP contribution in [0.2, 0.25) is 0 Å². The zero-order valence-electron chi connectivity index (χ0n) is 19.5. The number of phenolic OH excluding ortho intramolecular Hbond substituents is 1. The van der Waals surface area contributed by atoms with Gasteiger partial charge >= 0.3 is 6.01 Å². The molecule has 1 aliphatic rings. The average molecular weight is 474 g/mol. The monoisotopic (exact) mass is 473 g/mol. The van der Waals surface area contributed by atoms with Crippen molar-refractivity contribution in [3.63, 3.8) is 0 Å². The first-order valence-electron chi connectivity index (χ1n) is 12.2. The largest absolute Gasteiger partial charge is 0.507 e. The Hall–Kier alpha value is -4.29. The predicted molar refractivity (Wildman–Crippen MR) is 141 cm³/mol. The Morgan fingerprint density at radius 1 is 0.667 bits per heavy atom. The van der Waals surface area contributed by atoms with Crippen molar-refractivity contribution in [1.29, 1.82) is 0 Å². The highest BCUT2D eigenvalue weighted by atomic mass is 16.5. The number of rotatable bonds is 4. The van der Waals surface area contributed by atoms with Crippen LogP contribution in [0, 0.1) is 0 Å². The van der Waals surface area contributed by atoms with Crippen molar-refractivity contribution in [2.45, 2.75) is 18.9 Å². The molecule has 1 aromatic heterocycles. The smallest absolute Gasteiger partial charge is 0.320 e. The van der Waals surface area contributed by atoms with E-state index >= 15 is 0 Å². The third-order valence-electron chi connectivity index (χ3n) is 6.97. The summed E-state index contributed by atoms with van der Waals surface area (Å²) in [5, 5.41) is 17.6. The van der Waals surface area contributed by atoms with Gasteiger partial charge in [-0.1, -0.05) is 60.7 Å². The lowest BCUT2D eigenvalue weighted by atomic mass is 9.92. The van der Waals surface area contributed by atoms with E-state index in [1.165, 1.54) is 26.9 Å². The molecule has 0 bridgehead atoms. The maximum absolute atomic E-state index is 10.5.